The van der Waals surface area contributed by atoms with Crippen molar-refractivity contribution in [1.29, 1.82) is 0 Å². The third-order valence-electron chi connectivity index (χ3n) is 3.56. The van der Waals surface area contributed by atoms with Crippen molar-refractivity contribution >= 4 is 0 Å². The number of aryl methyl sites for hydroxylation is 2. The molecule has 0 heterocycles. The van der Waals surface area contributed by atoms with Gasteiger partial charge in [0, 0.05) is 0 Å². The first-order chi connectivity index (χ1) is 7.99. The maximum Gasteiger partial charge on any atom is 0.125 e. The highest BCUT2D eigenvalue weighted by atomic mass is 16.5. The van der Waals surface area contributed by atoms with Crippen molar-refractivity contribution in [3.63, 3.8) is 0 Å². The van der Waals surface area contributed by atoms with Gasteiger partial charge in [0.05, 0.1) is 6.10 Å². The Labute approximate surface area is 106 Å². The van der Waals surface area contributed by atoms with E-state index in [4.69, 9.17) is 4.74 Å². The van der Waals surface area contributed by atoms with E-state index in [0.29, 0.717) is 12.0 Å². The molecule has 0 spiro atoms. The largest absolute Gasteiger partial charge is 0.490 e. The molecule has 17 heavy (non-hydrogen) atoms. The summed E-state index contributed by atoms with van der Waals surface area (Å²) in [6, 6.07) is 4.55. The monoisotopic (exact) mass is 234 g/mol. The molecule has 0 amide bonds. The SMILES string of the molecule is CCC(C)Oc1c(C)cc(C(C)CC)cc1C. The van der Waals surface area contributed by atoms with Gasteiger partial charge in [-0.05, 0) is 56.2 Å². The molecule has 0 bridgehead atoms. The molecule has 0 aromatic heterocycles. The van der Waals surface area contributed by atoms with Gasteiger partial charge < -0.3 is 4.74 Å². The summed E-state index contributed by atoms with van der Waals surface area (Å²) >= 11 is 0. The van der Waals surface area contributed by atoms with Gasteiger partial charge in [0.1, 0.15) is 5.75 Å². The fraction of sp³-hybridized carbons (Fsp3) is 0.625. The maximum absolute atomic E-state index is 5.99. The number of ether oxygens (including phenoxy) is 1. The highest BCUT2D eigenvalue weighted by Crippen LogP contribution is 2.30. The third-order valence-corrected chi connectivity index (χ3v) is 3.56. The minimum absolute atomic E-state index is 0.293. The van der Waals surface area contributed by atoms with Crippen molar-refractivity contribution in [2.24, 2.45) is 0 Å². The summed E-state index contributed by atoms with van der Waals surface area (Å²) in [5, 5.41) is 0. The summed E-state index contributed by atoms with van der Waals surface area (Å²) in [7, 11) is 0. The summed E-state index contributed by atoms with van der Waals surface area (Å²) in [5.41, 5.74) is 3.96. The molecule has 2 atom stereocenters. The van der Waals surface area contributed by atoms with E-state index in [0.717, 1.165) is 12.2 Å². The van der Waals surface area contributed by atoms with E-state index in [2.05, 4.69) is 53.7 Å². The highest BCUT2D eigenvalue weighted by Gasteiger charge is 2.11. The minimum atomic E-state index is 0.293. The Balaban J connectivity index is 3.02. The topological polar surface area (TPSA) is 9.23 Å². The molecule has 1 nitrogen and oxygen atoms in total. The molecule has 1 aromatic rings. The molecule has 0 N–H and O–H groups in total. The second-order valence-electron chi connectivity index (χ2n) is 5.13. The zero-order chi connectivity index (χ0) is 13.0. The maximum atomic E-state index is 5.99. The van der Waals surface area contributed by atoms with Gasteiger partial charge in [-0.1, -0.05) is 32.9 Å². The van der Waals surface area contributed by atoms with Crippen LogP contribution in [0.4, 0.5) is 0 Å². The quantitative estimate of drug-likeness (QED) is 0.697. The standard InChI is InChI=1S/C16H26O/c1-7-11(3)15-9-12(4)16(13(5)10-15)17-14(6)8-2/h9-11,14H,7-8H2,1-6H3. The van der Waals surface area contributed by atoms with Crippen LogP contribution in [-0.2, 0) is 0 Å². The van der Waals surface area contributed by atoms with Crippen LogP contribution >= 0.6 is 0 Å². The zero-order valence-electron chi connectivity index (χ0n) is 12.1. The minimum Gasteiger partial charge on any atom is -0.490 e. The van der Waals surface area contributed by atoms with Gasteiger partial charge in [0.15, 0.2) is 0 Å². The highest BCUT2D eigenvalue weighted by molar-refractivity contribution is 5.44. The van der Waals surface area contributed by atoms with Crippen molar-refractivity contribution in [1.82, 2.24) is 0 Å². The van der Waals surface area contributed by atoms with Crippen molar-refractivity contribution in [2.75, 3.05) is 0 Å². The molecular formula is C16H26O. The Morgan fingerprint density at radius 3 is 1.94 bits per heavy atom. The summed E-state index contributed by atoms with van der Waals surface area (Å²) in [4.78, 5) is 0. The van der Waals surface area contributed by atoms with Crippen molar-refractivity contribution in [3.8, 4) is 5.75 Å². The van der Waals surface area contributed by atoms with Gasteiger partial charge in [0.25, 0.3) is 0 Å². The summed E-state index contributed by atoms with van der Waals surface area (Å²) < 4.78 is 5.99. The lowest BCUT2D eigenvalue weighted by atomic mass is 9.94. The van der Waals surface area contributed by atoms with Gasteiger partial charge in [-0.3, -0.25) is 0 Å². The Morgan fingerprint density at radius 1 is 1.00 bits per heavy atom. The number of hydrogen-bond acceptors (Lipinski definition) is 1. The second kappa shape index (κ2) is 6.09. The molecule has 1 heteroatoms. The predicted molar refractivity (Wildman–Crippen MR) is 75.0 cm³/mol. The molecule has 0 saturated carbocycles. The van der Waals surface area contributed by atoms with Gasteiger partial charge in [0.2, 0.25) is 0 Å². The first kappa shape index (κ1) is 14.1. The van der Waals surface area contributed by atoms with Gasteiger partial charge in [-0.15, -0.1) is 0 Å². The third kappa shape index (κ3) is 3.49. The van der Waals surface area contributed by atoms with Crippen LogP contribution in [0.1, 0.15) is 63.1 Å². The fourth-order valence-corrected chi connectivity index (χ4v) is 1.97. The van der Waals surface area contributed by atoms with Crippen LogP contribution in [0, 0.1) is 13.8 Å². The lowest BCUT2D eigenvalue weighted by molar-refractivity contribution is 0.214. The molecule has 0 aliphatic carbocycles. The van der Waals surface area contributed by atoms with Crippen LogP contribution in [-0.4, -0.2) is 6.10 Å². The molecule has 0 aliphatic heterocycles. The average molecular weight is 234 g/mol. The van der Waals surface area contributed by atoms with Crippen molar-refractivity contribution in [2.45, 2.75) is 66.4 Å². The zero-order valence-corrected chi connectivity index (χ0v) is 12.1. The van der Waals surface area contributed by atoms with Gasteiger partial charge >= 0.3 is 0 Å². The summed E-state index contributed by atoms with van der Waals surface area (Å²) in [6.45, 7) is 13.1. The number of rotatable bonds is 5. The first-order valence-corrected chi connectivity index (χ1v) is 6.77. The van der Waals surface area contributed by atoms with Crippen LogP contribution < -0.4 is 4.74 Å². The van der Waals surface area contributed by atoms with E-state index >= 15 is 0 Å². The lowest BCUT2D eigenvalue weighted by Gasteiger charge is -2.19. The van der Waals surface area contributed by atoms with E-state index in [9.17, 15) is 0 Å². The first-order valence-electron chi connectivity index (χ1n) is 6.77. The molecule has 0 radical (unpaired) electrons. The molecule has 0 saturated heterocycles. The van der Waals surface area contributed by atoms with Crippen LogP contribution in [0.5, 0.6) is 5.75 Å². The smallest absolute Gasteiger partial charge is 0.125 e. The van der Waals surface area contributed by atoms with E-state index in [1.165, 1.54) is 23.1 Å². The molecule has 0 fully saturated rings. The number of hydrogen-bond donors (Lipinski definition) is 0. The Hall–Kier alpha value is -0.980. The van der Waals surface area contributed by atoms with E-state index in [1.54, 1.807) is 0 Å². The van der Waals surface area contributed by atoms with E-state index < -0.39 is 0 Å². The van der Waals surface area contributed by atoms with Crippen LogP contribution in [0.2, 0.25) is 0 Å². The van der Waals surface area contributed by atoms with Crippen LogP contribution in [0.3, 0.4) is 0 Å². The Kier molecular flexibility index (Phi) is 5.04. The van der Waals surface area contributed by atoms with Crippen LogP contribution in [0.15, 0.2) is 12.1 Å². The van der Waals surface area contributed by atoms with Crippen LogP contribution in [0.25, 0.3) is 0 Å². The Morgan fingerprint density at radius 2 is 1.53 bits per heavy atom. The molecule has 1 rings (SSSR count). The molecule has 1 aromatic carbocycles. The van der Waals surface area contributed by atoms with E-state index in [1.807, 2.05) is 0 Å². The molecule has 0 aliphatic rings. The molecule has 2 unspecified atom stereocenters. The fourth-order valence-electron chi connectivity index (χ4n) is 1.97. The normalized spacial score (nSPS) is 14.5. The second-order valence-corrected chi connectivity index (χ2v) is 5.13. The van der Waals surface area contributed by atoms with Gasteiger partial charge in [-0.25, -0.2) is 0 Å². The van der Waals surface area contributed by atoms with Crippen molar-refractivity contribution in [3.05, 3.63) is 28.8 Å². The Bertz CT molecular complexity index is 345. The average Bonchev–Trinajstić information content (AvgIpc) is 2.32. The van der Waals surface area contributed by atoms with Gasteiger partial charge in [-0.2, -0.15) is 0 Å². The molecule has 96 valence electrons. The number of benzene rings is 1. The predicted octanol–water partition coefficient (Wildman–Crippen LogP) is 4.99. The van der Waals surface area contributed by atoms with Crippen molar-refractivity contribution < 1.29 is 4.74 Å². The molecular weight excluding hydrogens is 208 g/mol. The lowest BCUT2D eigenvalue weighted by Crippen LogP contribution is -2.12. The van der Waals surface area contributed by atoms with E-state index in [-0.39, 0.29) is 0 Å². The summed E-state index contributed by atoms with van der Waals surface area (Å²) in [5.74, 6) is 1.71. The summed E-state index contributed by atoms with van der Waals surface area (Å²) in [6.07, 6.45) is 2.53.